The Hall–Kier alpha value is -1.88. The molecule has 0 unspecified atom stereocenters. The maximum absolute atomic E-state index is 11.6. The van der Waals surface area contributed by atoms with Gasteiger partial charge in [0.25, 0.3) is 5.91 Å². The summed E-state index contributed by atoms with van der Waals surface area (Å²) in [6.07, 6.45) is 3.23. The van der Waals surface area contributed by atoms with Crippen LogP contribution in [0.4, 0.5) is 5.82 Å². The Morgan fingerprint density at radius 2 is 2.47 bits per heavy atom. The highest BCUT2D eigenvalue weighted by Crippen LogP contribution is 2.06. The minimum atomic E-state index is -0.137. The highest BCUT2D eigenvalue weighted by Gasteiger charge is 2.05. The third-order valence-corrected chi connectivity index (χ3v) is 2.04. The number of ether oxygens (including phenoxy) is 1. The van der Waals surface area contributed by atoms with Gasteiger partial charge in [0.1, 0.15) is 5.82 Å². The Morgan fingerprint density at radius 1 is 1.65 bits per heavy atom. The van der Waals surface area contributed by atoms with Gasteiger partial charge in [-0.15, -0.1) is 6.58 Å². The number of carbonyl (C=O) groups is 1. The summed E-state index contributed by atoms with van der Waals surface area (Å²) in [6, 6.07) is 3.37. The first kappa shape index (κ1) is 13.2. The number of methoxy groups -OCH3 is 1. The van der Waals surface area contributed by atoms with Crippen LogP contribution in [0.5, 0.6) is 0 Å². The predicted molar refractivity (Wildman–Crippen MR) is 67.1 cm³/mol. The SMILES string of the molecule is C=CCNC(=O)c1ccnc(NCCOC)c1. The van der Waals surface area contributed by atoms with E-state index >= 15 is 0 Å². The molecule has 1 aromatic heterocycles. The van der Waals surface area contributed by atoms with Crippen molar-refractivity contribution in [3.05, 3.63) is 36.5 Å². The van der Waals surface area contributed by atoms with E-state index in [4.69, 9.17) is 4.74 Å². The molecule has 0 atom stereocenters. The molecular formula is C12H17N3O2. The zero-order valence-electron chi connectivity index (χ0n) is 9.90. The summed E-state index contributed by atoms with van der Waals surface area (Å²) < 4.78 is 4.91. The zero-order chi connectivity index (χ0) is 12.5. The van der Waals surface area contributed by atoms with Gasteiger partial charge in [0.2, 0.25) is 0 Å². The maximum atomic E-state index is 11.6. The number of pyridine rings is 1. The highest BCUT2D eigenvalue weighted by molar-refractivity contribution is 5.94. The fourth-order valence-electron chi connectivity index (χ4n) is 1.22. The number of rotatable bonds is 7. The lowest BCUT2D eigenvalue weighted by Crippen LogP contribution is -2.23. The minimum absolute atomic E-state index is 0.137. The quantitative estimate of drug-likeness (QED) is 0.548. The number of anilines is 1. The molecule has 0 aliphatic heterocycles. The van der Waals surface area contributed by atoms with Crippen LogP contribution in [0.2, 0.25) is 0 Å². The smallest absolute Gasteiger partial charge is 0.251 e. The third kappa shape index (κ3) is 4.65. The largest absolute Gasteiger partial charge is 0.383 e. The number of amides is 1. The second kappa shape index (κ2) is 7.40. The zero-order valence-corrected chi connectivity index (χ0v) is 9.90. The lowest BCUT2D eigenvalue weighted by molar-refractivity contribution is 0.0958. The van der Waals surface area contributed by atoms with Crippen LogP contribution in [0.1, 0.15) is 10.4 Å². The number of carbonyl (C=O) groups excluding carboxylic acids is 1. The number of nitrogens with one attached hydrogen (secondary N) is 2. The van der Waals surface area contributed by atoms with E-state index in [2.05, 4.69) is 22.2 Å². The van der Waals surface area contributed by atoms with Gasteiger partial charge >= 0.3 is 0 Å². The monoisotopic (exact) mass is 235 g/mol. The Morgan fingerprint density at radius 3 is 3.18 bits per heavy atom. The van der Waals surface area contributed by atoms with Gasteiger partial charge < -0.3 is 15.4 Å². The fourth-order valence-corrected chi connectivity index (χ4v) is 1.22. The van der Waals surface area contributed by atoms with Crippen molar-refractivity contribution in [2.24, 2.45) is 0 Å². The number of aromatic nitrogens is 1. The second-order valence-electron chi connectivity index (χ2n) is 3.35. The predicted octanol–water partition coefficient (Wildman–Crippen LogP) is 1.06. The van der Waals surface area contributed by atoms with Crippen LogP contribution in [0.25, 0.3) is 0 Å². The van der Waals surface area contributed by atoms with Gasteiger partial charge in [-0.25, -0.2) is 4.98 Å². The van der Waals surface area contributed by atoms with E-state index in [0.29, 0.717) is 31.1 Å². The molecule has 0 aliphatic rings. The van der Waals surface area contributed by atoms with Gasteiger partial charge in [0, 0.05) is 32.0 Å². The molecule has 1 aromatic rings. The highest BCUT2D eigenvalue weighted by atomic mass is 16.5. The lowest BCUT2D eigenvalue weighted by Gasteiger charge is -2.06. The Labute approximate surface area is 101 Å². The van der Waals surface area contributed by atoms with Crippen molar-refractivity contribution >= 4 is 11.7 Å². The molecule has 0 fully saturated rings. The minimum Gasteiger partial charge on any atom is -0.383 e. The van der Waals surface area contributed by atoms with E-state index in [0.717, 1.165) is 0 Å². The van der Waals surface area contributed by atoms with Gasteiger partial charge in [0.15, 0.2) is 0 Å². The number of hydrogen-bond donors (Lipinski definition) is 2. The van der Waals surface area contributed by atoms with Gasteiger partial charge in [0.05, 0.1) is 6.61 Å². The van der Waals surface area contributed by atoms with Crippen LogP contribution in [-0.4, -0.2) is 37.7 Å². The van der Waals surface area contributed by atoms with Gasteiger partial charge in [-0.05, 0) is 12.1 Å². The van der Waals surface area contributed by atoms with Crippen LogP contribution in [0.3, 0.4) is 0 Å². The second-order valence-corrected chi connectivity index (χ2v) is 3.35. The number of hydrogen-bond acceptors (Lipinski definition) is 4. The molecule has 0 spiro atoms. The fraction of sp³-hybridized carbons (Fsp3) is 0.333. The first-order valence-electron chi connectivity index (χ1n) is 5.36. The first-order chi connectivity index (χ1) is 8.27. The average molecular weight is 235 g/mol. The van der Waals surface area contributed by atoms with Crippen molar-refractivity contribution in [1.29, 1.82) is 0 Å². The van der Waals surface area contributed by atoms with Crippen LogP contribution in [0.15, 0.2) is 31.0 Å². The van der Waals surface area contributed by atoms with Crippen LogP contribution >= 0.6 is 0 Å². The summed E-state index contributed by atoms with van der Waals surface area (Å²) in [4.78, 5) is 15.8. The number of nitrogens with zero attached hydrogens (tertiary/aromatic N) is 1. The third-order valence-electron chi connectivity index (χ3n) is 2.04. The Kier molecular flexibility index (Phi) is 5.74. The Balaban J connectivity index is 2.58. The molecule has 17 heavy (non-hydrogen) atoms. The lowest BCUT2D eigenvalue weighted by atomic mass is 10.2. The molecule has 0 saturated carbocycles. The molecule has 92 valence electrons. The van der Waals surface area contributed by atoms with E-state index in [1.807, 2.05) is 0 Å². The first-order valence-corrected chi connectivity index (χ1v) is 5.36. The standard InChI is InChI=1S/C12H17N3O2/c1-3-5-15-12(16)10-4-6-13-11(9-10)14-7-8-17-2/h3-4,6,9H,1,5,7-8H2,2H3,(H,13,14)(H,15,16). The molecule has 2 N–H and O–H groups in total. The molecular weight excluding hydrogens is 218 g/mol. The van der Waals surface area contributed by atoms with Gasteiger partial charge in [-0.1, -0.05) is 6.08 Å². The molecule has 0 aliphatic carbocycles. The van der Waals surface area contributed by atoms with Crippen LogP contribution in [-0.2, 0) is 4.74 Å². The van der Waals surface area contributed by atoms with E-state index in [-0.39, 0.29) is 5.91 Å². The average Bonchev–Trinajstić information content (AvgIpc) is 2.36. The topological polar surface area (TPSA) is 63.2 Å². The molecule has 1 rings (SSSR count). The van der Waals surface area contributed by atoms with E-state index < -0.39 is 0 Å². The molecule has 1 amide bonds. The van der Waals surface area contributed by atoms with Crippen molar-refractivity contribution in [3.8, 4) is 0 Å². The van der Waals surface area contributed by atoms with Crippen molar-refractivity contribution < 1.29 is 9.53 Å². The van der Waals surface area contributed by atoms with E-state index in [9.17, 15) is 4.79 Å². The summed E-state index contributed by atoms with van der Waals surface area (Å²) in [7, 11) is 1.63. The van der Waals surface area contributed by atoms with Crippen LogP contribution in [0, 0.1) is 0 Å². The molecule has 0 bridgehead atoms. The van der Waals surface area contributed by atoms with Gasteiger partial charge in [-0.3, -0.25) is 4.79 Å². The molecule has 0 aromatic carbocycles. The molecule has 1 heterocycles. The van der Waals surface area contributed by atoms with Crippen molar-refractivity contribution in [1.82, 2.24) is 10.3 Å². The summed E-state index contributed by atoms with van der Waals surface area (Å²) in [5.41, 5.74) is 0.571. The van der Waals surface area contributed by atoms with Crippen LogP contribution < -0.4 is 10.6 Å². The van der Waals surface area contributed by atoms with Gasteiger partial charge in [-0.2, -0.15) is 0 Å². The molecule has 0 radical (unpaired) electrons. The molecule has 5 nitrogen and oxygen atoms in total. The summed E-state index contributed by atoms with van der Waals surface area (Å²) in [5.74, 6) is 0.524. The van der Waals surface area contributed by atoms with Crippen molar-refractivity contribution in [2.45, 2.75) is 0 Å². The molecule has 0 saturated heterocycles. The summed E-state index contributed by atoms with van der Waals surface area (Å²) >= 11 is 0. The maximum Gasteiger partial charge on any atom is 0.251 e. The van der Waals surface area contributed by atoms with Crippen molar-refractivity contribution in [3.63, 3.8) is 0 Å². The molecule has 5 heteroatoms. The van der Waals surface area contributed by atoms with E-state index in [1.165, 1.54) is 0 Å². The Bertz CT molecular complexity index is 380. The van der Waals surface area contributed by atoms with E-state index in [1.54, 1.807) is 31.5 Å². The normalized spacial score (nSPS) is 9.71. The van der Waals surface area contributed by atoms with Crippen molar-refractivity contribution in [2.75, 3.05) is 32.1 Å². The summed E-state index contributed by atoms with van der Waals surface area (Å²) in [6.45, 7) is 5.24. The summed E-state index contributed by atoms with van der Waals surface area (Å²) in [5, 5.41) is 5.77.